The van der Waals surface area contributed by atoms with Crippen molar-refractivity contribution in [3.63, 3.8) is 0 Å². The van der Waals surface area contributed by atoms with E-state index in [4.69, 9.17) is 9.47 Å². The van der Waals surface area contributed by atoms with Crippen LogP contribution in [-0.2, 0) is 0 Å². The molecule has 0 bridgehead atoms. The Hall–Kier alpha value is -1.61. The van der Waals surface area contributed by atoms with Crippen LogP contribution < -0.4 is 14.9 Å². The predicted molar refractivity (Wildman–Crippen MR) is 101 cm³/mol. The molecule has 1 N–H and O–H groups in total. The van der Waals surface area contributed by atoms with E-state index in [2.05, 4.69) is 49.0 Å². The fourth-order valence-electron chi connectivity index (χ4n) is 1.88. The first-order chi connectivity index (χ1) is 11.1. The molecule has 23 heavy (non-hydrogen) atoms. The smallest absolute Gasteiger partial charge is 0.272 e. The topological polar surface area (TPSA) is 59.9 Å². The first-order valence-corrected chi connectivity index (χ1v) is 8.43. The third-order valence-corrected chi connectivity index (χ3v) is 4.45. The summed E-state index contributed by atoms with van der Waals surface area (Å²) in [5, 5.41) is 3.99. The number of benzene rings is 2. The molecule has 5 nitrogen and oxygen atoms in total. The molecule has 0 unspecified atom stereocenters. The highest BCUT2D eigenvalue weighted by atomic mass is 127. The number of hydrazone groups is 1. The Morgan fingerprint density at radius 3 is 2.65 bits per heavy atom. The third-order valence-electron chi connectivity index (χ3n) is 2.95. The quantitative estimate of drug-likeness (QED) is 0.395. The second kappa shape index (κ2) is 8.30. The molecule has 0 saturated carbocycles. The molecule has 0 aromatic heterocycles. The summed E-state index contributed by atoms with van der Waals surface area (Å²) in [6.07, 6.45) is 1.55. The maximum absolute atomic E-state index is 12.0. The van der Waals surface area contributed by atoms with Gasteiger partial charge in [0.2, 0.25) is 0 Å². The van der Waals surface area contributed by atoms with Crippen LogP contribution in [0.5, 0.6) is 11.5 Å². The Labute approximate surface area is 156 Å². The van der Waals surface area contributed by atoms with E-state index >= 15 is 0 Å². The predicted octanol–water partition coefficient (Wildman–Crippen LogP) is 3.83. The first kappa shape index (κ1) is 17.7. The van der Waals surface area contributed by atoms with Crippen LogP contribution in [0.2, 0.25) is 0 Å². The van der Waals surface area contributed by atoms with Crippen LogP contribution in [0.1, 0.15) is 15.9 Å². The Morgan fingerprint density at radius 1 is 1.26 bits per heavy atom. The van der Waals surface area contributed by atoms with Crippen LogP contribution in [0.3, 0.4) is 0 Å². The molecule has 2 rings (SSSR count). The molecule has 0 fully saturated rings. The maximum Gasteiger partial charge on any atom is 0.272 e. The first-order valence-electron chi connectivity index (χ1n) is 6.56. The molecule has 0 radical (unpaired) electrons. The lowest BCUT2D eigenvalue weighted by Crippen LogP contribution is -2.18. The van der Waals surface area contributed by atoms with Gasteiger partial charge in [0.1, 0.15) is 0 Å². The molecular weight excluding hydrogens is 475 g/mol. The van der Waals surface area contributed by atoms with Crippen molar-refractivity contribution in [2.24, 2.45) is 5.10 Å². The number of nitrogens with zero attached hydrogens (tertiary/aromatic N) is 1. The van der Waals surface area contributed by atoms with E-state index in [1.54, 1.807) is 44.7 Å². The average Bonchev–Trinajstić information content (AvgIpc) is 2.54. The summed E-state index contributed by atoms with van der Waals surface area (Å²) in [4.78, 5) is 12.0. The molecule has 7 heteroatoms. The maximum atomic E-state index is 12.0. The standard InChI is InChI=1S/C16H14BrIN2O3/c1-22-14-8-10(7-13(18)15(14)23-2)9-19-20-16(21)11-5-3-4-6-12(11)17/h3-9H,1-2H3,(H,20,21)/b19-9-. The van der Waals surface area contributed by atoms with Crippen LogP contribution in [-0.4, -0.2) is 26.3 Å². The molecule has 1 amide bonds. The summed E-state index contributed by atoms with van der Waals surface area (Å²) in [6.45, 7) is 0. The van der Waals surface area contributed by atoms with Crippen LogP contribution in [0.15, 0.2) is 46.0 Å². The molecule has 0 atom stereocenters. The molecule has 120 valence electrons. The number of nitrogens with one attached hydrogen (secondary N) is 1. The van der Waals surface area contributed by atoms with Gasteiger partial charge >= 0.3 is 0 Å². The molecule has 2 aromatic carbocycles. The third kappa shape index (κ3) is 4.44. The molecule has 0 aliphatic heterocycles. The Bertz CT molecular complexity index is 750. The zero-order chi connectivity index (χ0) is 16.8. The minimum absolute atomic E-state index is 0.288. The SMILES string of the molecule is COc1cc(/C=N\NC(=O)c2ccccc2Br)cc(I)c1OC. The van der Waals surface area contributed by atoms with Gasteiger partial charge in [-0.15, -0.1) is 0 Å². The number of amides is 1. The van der Waals surface area contributed by atoms with Crippen LogP contribution in [0, 0.1) is 3.57 Å². The van der Waals surface area contributed by atoms with Gasteiger partial charge in [0, 0.05) is 4.47 Å². The Balaban J connectivity index is 2.13. The van der Waals surface area contributed by atoms with Crippen molar-refractivity contribution in [2.45, 2.75) is 0 Å². The largest absolute Gasteiger partial charge is 0.493 e. The van der Waals surface area contributed by atoms with Crippen molar-refractivity contribution in [1.29, 1.82) is 0 Å². The normalized spacial score (nSPS) is 10.6. The van der Waals surface area contributed by atoms with E-state index in [1.807, 2.05) is 12.1 Å². The number of rotatable bonds is 5. The lowest BCUT2D eigenvalue weighted by Gasteiger charge is -2.10. The minimum Gasteiger partial charge on any atom is -0.493 e. The summed E-state index contributed by atoms with van der Waals surface area (Å²) in [6, 6.07) is 10.8. The van der Waals surface area contributed by atoms with Crippen LogP contribution >= 0.6 is 38.5 Å². The van der Waals surface area contributed by atoms with Crippen molar-refractivity contribution in [3.05, 3.63) is 55.6 Å². The number of carbonyl (C=O) groups excluding carboxylic acids is 1. The van der Waals surface area contributed by atoms with Crippen molar-refractivity contribution in [3.8, 4) is 11.5 Å². The zero-order valence-electron chi connectivity index (χ0n) is 12.5. The van der Waals surface area contributed by atoms with E-state index in [9.17, 15) is 4.79 Å². The van der Waals surface area contributed by atoms with E-state index in [0.717, 1.165) is 9.13 Å². The van der Waals surface area contributed by atoms with Gasteiger partial charge in [-0.05, 0) is 68.3 Å². The molecule has 0 aliphatic rings. The van der Waals surface area contributed by atoms with Crippen molar-refractivity contribution < 1.29 is 14.3 Å². The number of carbonyl (C=O) groups is 1. The number of hydrogen-bond donors (Lipinski definition) is 1. The number of ether oxygens (including phenoxy) is 2. The number of halogens is 2. The summed E-state index contributed by atoms with van der Waals surface area (Å²) >= 11 is 5.49. The van der Waals surface area contributed by atoms with E-state index in [-0.39, 0.29) is 5.91 Å². The highest BCUT2D eigenvalue weighted by Crippen LogP contribution is 2.33. The zero-order valence-corrected chi connectivity index (χ0v) is 16.2. The van der Waals surface area contributed by atoms with Crippen molar-refractivity contribution >= 4 is 50.6 Å². The number of methoxy groups -OCH3 is 2. The van der Waals surface area contributed by atoms with Gasteiger partial charge in [0.15, 0.2) is 11.5 Å². The van der Waals surface area contributed by atoms with Crippen molar-refractivity contribution in [2.75, 3.05) is 14.2 Å². The molecule has 0 aliphatic carbocycles. The fourth-order valence-corrected chi connectivity index (χ4v) is 3.19. The van der Waals surface area contributed by atoms with Gasteiger partial charge in [-0.1, -0.05) is 12.1 Å². The van der Waals surface area contributed by atoms with Crippen LogP contribution in [0.25, 0.3) is 0 Å². The molecule has 0 spiro atoms. The summed E-state index contributed by atoms with van der Waals surface area (Å²) in [7, 11) is 3.16. The average molecular weight is 489 g/mol. The monoisotopic (exact) mass is 488 g/mol. The lowest BCUT2D eigenvalue weighted by atomic mass is 10.2. The fraction of sp³-hybridized carbons (Fsp3) is 0.125. The molecule has 0 heterocycles. The van der Waals surface area contributed by atoms with Crippen LogP contribution in [0.4, 0.5) is 0 Å². The van der Waals surface area contributed by atoms with Crippen molar-refractivity contribution in [1.82, 2.24) is 5.43 Å². The van der Waals surface area contributed by atoms with Gasteiger partial charge in [0.05, 0.1) is 29.6 Å². The van der Waals surface area contributed by atoms with Gasteiger partial charge in [-0.3, -0.25) is 4.79 Å². The molecule has 2 aromatic rings. The van der Waals surface area contributed by atoms with E-state index in [0.29, 0.717) is 21.5 Å². The Kier molecular flexibility index (Phi) is 6.40. The second-order valence-corrected chi connectivity index (χ2v) is 6.43. The summed E-state index contributed by atoms with van der Waals surface area (Å²) in [5.41, 5.74) is 3.81. The van der Waals surface area contributed by atoms with Gasteiger partial charge in [-0.2, -0.15) is 5.10 Å². The molecule has 0 saturated heterocycles. The highest BCUT2D eigenvalue weighted by Gasteiger charge is 2.10. The second-order valence-electron chi connectivity index (χ2n) is 4.42. The Morgan fingerprint density at radius 2 is 2.00 bits per heavy atom. The lowest BCUT2D eigenvalue weighted by molar-refractivity contribution is 0.0954. The molecular formula is C16H14BrIN2O3. The van der Waals surface area contributed by atoms with Gasteiger partial charge < -0.3 is 9.47 Å². The summed E-state index contributed by atoms with van der Waals surface area (Å²) in [5.74, 6) is 0.990. The highest BCUT2D eigenvalue weighted by molar-refractivity contribution is 14.1. The van der Waals surface area contributed by atoms with Gasteiger partial charge in [0.25, 0.3) is 5.91 Å². The number of hydrogen-bond acceptors (Lipinski definition) is 4. The van der Waals surface area contributed by atoms with E-state index < -0.39 is 0 Å². The van der Waals surface area contributed by atoms with Gasteiger partial charge in [-0.25, -0.2) is 5.43 Å². The minimum atomic E-state index is -0.288. The van der Waals surface area contributed by atoms with E-state index in [1.165, 1.54) is 0 Å². The summed E-state index contributed by atoms with van der Waals surface area (Å²) < 4.78 is 12.2.